The number of rotatable bonds is 4. The van der Waals surface area contributed by atoms with Gasteiger partial charge >= 0.3 is 0 Å². The summed E-state index contributed by atoms with van der Waals surface area (Å²) < 4.78 is 18.5. The monoisotopic (exact) mass is 295 g/mol. The van der Waals surface area contributed by atoms with Crippen molar-refractivity contribution in [3.63, 3.8) is 0 Å². The van der Waals surface area contributed by atoms with Gasteiger partial charge in [-0.05, 0) is 66.2 Å². The van der Waals surface area contributed by atoms with Crippen molar-refractivity contribution in [2.24, 2.45) is 0 Å². The van der Waals surface area contributed by atoms with Gasteiger partial charge in [0, 0.05) is 12.6 Å². The van der Waals surface area contributed by atoms with E-state index >= 15 is 0 Å². The molecule has 0 aliphatic heterocycles. The fourth-order valence-corrected chi connectivity index (χ4v) is 2.11. The van der Waals surface area contributed by atoms with E-state index in [4.69, 9.17) is 4.74 Å². The van der Waals surface area contributed by atoms with Gasteiger partial charge in [0.15, 0.2) is 5.78 Å². The number of aromatic nitrogens is 1. The maximum absolute atomic E-state index is 12.8. The van der Waals surface area contributed by atoms with Gasteiger partial charge in [-0.15, -0.1) is 0 Å². The Balaban J connectivity index is 1.77. The van der Waals surface area contributed by atoms with Crippen LogP contribution in [0, 0.1) is 5.82 Å². The molecule has 0 fully saturated rings. The third kappa shape index (κ3) is 3.06. The number of carbonyl (C=O) groups excluding carboxylic acids is 1. The quantitative estimate of drug-likeness (QED) is 0.701. The number of aromatic amines is 1. The molecule has 22 heavy (non-hydrogen) atoms. The summed E-state index contributed by atoms with van der Waals surface area (Å²) in [6.07, 6.45) is 0. The number of ketones is 1. The molecule has 0 aliphatic carbocycles. The van der Waals surface area contributed by atoms with E-state index in [1.165, 1.54) is 19.1 Å². The topological polar surface area (TPSA) is 42.1 Å². The molecule has 0 radical (unpaired) electrons. The highest BCUT2D eigenvalue weighted by Crippen LogP contribution is 2.25. The molecule has 0 atom stereocenters. The van der Waals surface area contributed by atoms with Crippen molar-refractivity contribution in [2.75, 3.05) is 0 Å². The van der Waals surface area contributed by atoms with E-state index in [-0.39, 0.29) is 11.6 Å². The number of ether oxygens (including phenoxy) is 1. The molecule has 2 aromatic carbocycles. The van der Waals surface area contributed by atoms with E-state index < -0.39 is 0 Å². The van der Waals surface area contributed by atoms with Gasteiger partial charge in [0.05, 0.1) is 5.69 Å². The van der Waals surface area contributed by atoms with Crippen LogP contribution in [-0.4, -0.2) is 10.8 Å². The van der Waals surface area contributed by atoms with E-state index in [9.17, 15) is 9.18 Å². The molecule has 1 heterocycles. The summed E-state index contributed by atoms with van der Waals surface area (Å²) in [4.78, 5) is 14.4. The van der Waals surface area contributed by atoms with Crippen molar-refractivity contribution in [1.82, 2.24) is 4.98 Å². The van der Waals surface area contributed by atoms with Gasteiger partial charge in [-0.3, -0.25) is 4.79 Å². The maximum atomic E-state index is 12.8. The van der Waals surface area contributed by atoms with Crippen LogP contribution in [-0.2, 0) is 0 Å². The molecule has 3 aromatic rings. The standard InChI is InChI=1S/C18H14FNO2/c1-12(21)17-10-11-18(20-17)13-2-6-15(7-3-13)22-16-8-4-14(19)5-9-16/h2-11,20H,1H3. The number of nitrogens with one attached hydrogen (secondary N) is 1. The molecule has 0 amide bonds. The van der Waals surface area contributed by atoms with Crippen LogP contribution in [0.15, 0.2) is 60.7 Å². The number of hydrogen-bond acceptors (Lipinski definition) is 2. The minimum absolute atomic E-state index is 0.00233. The van der Waals surface area contributed by atoms with Crippen LogP contribution in [0.3, 0.4) is 0 Å². The third-order valence-electron chi connectivity index (χ3n) is 3.28. The Morgan fingerprint density at radius 3 is 2.05 bits per heavy atom. The molecular formula is C18H14FNO2. The van der Waals surface area contributed by atoms with Gasteiger partial charge in [0.25, 0.3) is 0 Å². The van der Waals surface area contributed by atoms with E-state index in [2.05, 4.69) is 4.98 Å². The number of H-pyrrole nitrogens is 1. The first-order chi connectivity index (χ1) is 10.6. The number of Topliss-reactive ketones (excluding diaryl/α,β-unsaturated/α-hetero) is 1. The van der Waals surface area contributed by atoms with Crippen LogP contribution in [0.1, 0.15) is 17.4 Å². The predicted molar refractivity (Wildman–Crippen MR) is 82.7 cm³/mol. The van der Waals surface area contributed by atoms with Gasteiger partial charge in [-0.2, -0.15) is 0 Å². The Labute approximate surface area is 127 Å². The minimum Gasteiger partial charge on any atom is -0.457 e. The molecule has 0 saturated carbocycles. The lowest BCUT2D eigenvalue weighted by molar-refractivity contribution is 0.101. The lowest BCUT2D eigenvalue weighted by Gasteiger charge is -2.06. The number of halogens is 1. The Morgan fingerprint density at radius 1 is 0.909 bits per heavy atom. The van der Waals surface area contributed by atoms with Crippen LogP contribution in [0.2, 0.25) is 0 Å². The average Bonchev–Trinajstić information content (AvgIpc) is 3.00. The Kier molecular flexibility index (Phi) is 3.74. The summed E-state index contributed by atoms with van der Waals surface area (Å²) in [6.45, 7) is 1.52. The lowest BCUT2D eigenvalue weighted by Crippen LogP contribution is -1.91. The fraction of sp³-hybridized carbons (Fsp3) is 0.0556. The molecule has 0 unspecified atom stereocenters. The minimum atomic E-state index is -0.296. The molecule has 0 spiro atoms. The second kappa shape index (κ2) is 5.85. The molecule has 0 bridgehead atoms. The van der Waals surface area contributed by atoms with E-state index in [0.717, 1.165) is 11.3 Å². The molecule has 1 N–H and O–H groups in total. The summed E-state index contributed by atoms with van der Waals surface area (Å²) in [7, 11) is 0. The first-order valence-corrected chi connectivity index (χ1v) is 6.85. The van der Waals surface area contributed by atoms with Crippen LogP contribution in [0.25, 0.3) is 11.3 Å². The van der Waals surface area contributed by atoms with Gasteiger partial charge in [0.1, 0.15) is 17.3 Å². The smallest absolute Gasteiger partial charge is 0.175 e. The van der Waals surface area contributed by atoms with Crippen molar-refractivity contribution in [2.45, 2.75) is 6.92 Å². The van der Waals surface area contributed by atoms with Crippen LogP contribution in [0.4, 0.5) is 4.39 Å². The molecule has 0 saturated heterocycles. The van der Waals surface area contributed by atoms with E-state index in [1.54, 1.807) is 18.2 Å². The van der Waals surface area contributed by atoms with Crippen molar-refractivity contribution >= 4 is 5.78 Å². The highest BCUT2D eigenvalue weighted by atomic mass is 19.1. The Hall–Kier alpha value is -2.88. The van der Waals surface area contributed by atoms with E-state index in [1.807, 2.05) is 30.3 Å². The molecule has 110 valence electrons. The van der Waals surface area contributed by atoms with Crippen molar-refractivity contribution in [3.05, 3.63) is 72.2 Å². The summed E-state index contributed by atoms with van der Waals surface area (Å²) in [5, 5.41) is 0. The highest BCUT2D eigenvalue weighted by Gasteiger charge is 2.05. The van der Waals surface area contributed by atoms with E-state index in [0.29, 0.717) is 17.2 Å². The number of carbonyl (C=O) groups is 1. The summed E-state index contributed by atoms with van der Waals surface area (Å²) >= 11 is 0. The normalized spacial score (nSPS) is 10.5. The zero-order valence-corrected chi connectivity index (χ0v) is 12.0. The Bertz CT molecular complexity index is 789. The van der Waals surface area contributed by atoms with Gasteiger partial charge in [0.2, 0.25) is 0 Å². The zero-order chi connectivity index (χ0) is 15.5. The molecular weight excluding hydrogens is 281 g/mol. The zero-order valence-electron chi connectivity index (χ0n) is 12.0. The lowest BCUT2D eigenvalue weighted by atomic mass is 10.1. The highest BCUT2D eigenvalue weighted by molar-refractivity contribution is 5.93. The van der Waals surface area contributed by atoms with Gasteiger partial charge in [-0.1, -0.05) is 0 Å². The second-order valence-corrected chi connectivity index (χ2v) is 4.92. The van der Waals surface area contributed by atoms with Crippen molar-refractivity contribution in [3.8, 4) is 22.8 Å². The summed E-state index contributed by atoms with van der Waals surface area (Å²) in [5.74, 6) is 0.944. The Morgan fingerprint density at radius 2 is 1.50 bits per heavy atom. The SMILES string of the molecule is CC(=O)c1ccc(-c2ccc(Oc3ccc(F)cc3)cc2)[nH]1. The largest absolute Gasteiger partial charge is 0.457 e. The number of hydrogen-bond donors (Lipinski definition) is 1. The van der Waals surface area contributed by atoms with Crippen LogP contribution in [0.5, 0.6) is 11.5 Å². The summed E-state index contributed by atoms with van der Waals surface area (Å²) in [6, 6.07) is 16.9. The van der Waals surface area contributed by atoms with Crippen molar-refractivity contribution in [1.29, 1.82) is 0 Å². The third-order valence-corrected chi connectivity index (χ3v) is 3.28. The van der Waals surface area contributed by atoms with Gasteiger partial charge in [-0.25, -0.2) is 4.39 Å². The predicted octanol–water partition coefficient (Wildman–Crippen LogP) is 4.82. The molecule has 1 aromatic heterocycles. The summed E-state index contributed by atoms with van der Waals surface area (Å²) in [5.41, 5.74) is 2.42. The van der Waals surface area contributed by atoms with Gasteiger partial charge < -0.3 is 9.72 Å². The molecule has 4 heteroatoms. The first kappa shape index (κ1) is 14.1. The maximum Gasteiger partial charge on any atom is 0.175 e. The van der Waals surface area contributed by atoms with Crippen LogP contribution < -0.4 is 4.74 Å². The fourth-order valence-electron chi connectivity index (χ4n) is 2.11. The first-order valence-electron chi connectivity index (χ1n) is 6.85. The van der Waals surface area contributed by atoms with Crippen molar-refractivity contribution < 1.29 is 13.9 Å². The number of benzene rings is 2. The molecule has 3 rings (SSSR count). The molecule has 3 nitrogen and oxygen atoms in total. The average molecular weight is 295 g/mol. The van der Waals surface area contributed by atoms with Crippen LogP contribution >= 0.6 is 0 Å². The molecule has 0 aliphatic rings. The second-order valence-electron chi connectivity index (χ2n) is 4.92.